The number of hydrogen-bond acceptors (Lipinski definition) is 3. The maximum absolute atomic E-state index is 10.1. The summed E-state index contributed by atoms with van der Waals surface area (Å²) >= 11 is 0. The highest BCUT2D eigenvalue weighted by molar-refractivity contribution is 8.77. The molecule has 1 atom stereocenters. The average molecular weight is 164 g/mol. The van der Waals surface area contributed by atoms with Crippen molar-refractivity contribution in [1.82, 2.24) is 0 Å². The molecule has 1 unspecified atom stereocenters. The molecule has 0 aliphatic carbocycles. The molecule has 0 aromatic carbocycles. The van der Waals surface area contributed by atoms with Crippen LogP contribution in [-0.2, 0) is 4.79 Å². The quantitative estimate of drug-likeness (QED) is 0.629. The van der Waals surface area contributed by atoms with Gasteiger partial charge < -0.3 is 5.11 Å². The Labute approximate surface area is 61.8 Å². The lowest BCUT2D eigenvalue weighted by Gasteiger charge is -1.99. The fourth-order valence-electron chi connectivity index (χ4n) is 0.703. The topological polar surface area (TPSA) is 37.3 Å². The minimum atomic E-state index is -0.671. The molecule has 0 bridgehead atoms. The molecular weight excluding hydrogens is 156 g/mol. The van der Waals surface area contributed by atoms with Gasteiger partial charge in [0.05, 0.1) is 6.42 Å². The molecule has 52 valence electrons. The van der Waals surface area contributed by atoms with Crippen LogP contribution in [0.1, 0.15) is 12.8 Å². The van der Waals surface area contributed by atoms with Crippen molar-refractivity contribution in [2.75, 3.05) is 5.75 Å². The van der Waals surface area contributed by atoms with E-state index < -0.39 is 5.97 Å². The second kappa shape index (κ2) is 3.37. The molecule has 9 heavy (non-hydrogen) atoms. The lowest BCUT2D eigenvalue weighted by atomic mass is 10.2. The molecular formula is C5H8O2S2. The molecule has 2 nitrogen and oxygen atoms in total. The Bertz CT molecular complexity index is 110. The van der Waals surface area contributed by atoms with Crippen LogP contribution in [0.5, 0.6) is 0 Å². The largest absolute Gasteiger partial charge is 0.481 e. The normalized spacial score (nSPS) is 26.4. The van der Waals surface area contributed by atoms with Crippen LogP contribution in [0.15, 0.2) is 0 Å². The average Bonchev–Trinajstić information content (AvgIpc) is 2.15. The molecule has 1 fully saturated rings. The van der Waals surface area contributed by atoms with E-state index in [1.54, 1.807) is 21.6 Å². The number of carboxylic acid groups (broad SMARTS) is 1. The third kappa shape index (κ3) is 2.49. The van der Waals surface area contributed by atoms with Crippen LogP contribution in [0.2, 0.25) is 0 Å². The van der Waals surface area contributed by atoms with Crippen molar-refractivity contribution in [3.05, 3.63) is 0 Å². The lowest BCUT2D eigenvalue weighted by molar-refractivity contribution is -0.136. The molecule has 0 saturated carbocycles. The van der Waals surface area contributed by atoms with E-state index in [9.17, 15) is 4.79 Å². The molecule has 1 saturated heterocycles. The summed E-state index contributed by atoms with van der Waals surface area (Å²) in [5, 5.41) is 8.72. The van der Waals surface area contributed by atoms with Gasteiger partial charge in [0.1, 0.15) is 0 Å². The molecule has 1 rings (SSSR count). The van der Waals surface area contributed by atoms with E-state index in [1.807, 2.05) is 0 Å². The van der Waals surface area contributed by atoms with Crippen molar-refractivity contribution in [3.8, 4) is 0 Å². The second-order valence-corrected chi connectivity index (χ2v) is 4.71. The molecule has 4 heteroatoms. The standard InChI is InChI=1S/C5H8O2S2/c6-5(7)3-4-1-2-8-9-4/h4H,1-3H2,(H,6,7). The van der Waals surface area contributed by atoms with Crippen LogP contribution in [0.25, 0.3) is 0 Å². The van der Waals surface area contributed by atoms with Crippen molar-refractivity contribution in [2.24, 2.45) is 0 Å². The summed E-state index contributed by atoms with van der Waals surface area (Å²) < 4.78 is 0. The van der Waals surface area contributed by atoms with Gasteiger partial charge in [0.15, 0.2) is 0 Å². The van der Waals surface area contributed by atoms with Crippen LogP contribution < -0.4 is 0 Å². The fourth-order valence-corrected chi connectivity index (χ4v) is 3.59. The van der Waals surface area contributed by atoms with Crippen LogP contribution in [0.4, 0.5) is 0 Å². The molecule has 0 spiro atoms. The maximum atomic E-state index is 10.1. The Kier molecular flexibility index (Phi) is 2.72. The number of carboxylic acids is 1. The van der Waals surface area contributed by atoms with E-state index in [1.165, 1.54) is 0 Å². The van der Waals surface area contributed by atoms with Crippen molar-refractivity contribution >= 4 is 27.6 Å². The van der Waals surface area contributed by atoms with Crippen LogP contribution in [-0.4, -0.2) is 22.1 Å². The molecule has 1 aliphatic rings. The summed E-state index contributed by atoms with van der Waals surface area (Å²) in [5.41, 5.74) is 0. The predicted octanol–water partition coefficient (Wildman–Crippen LogP) is 1.61. The Morgan fingerprint density at radius 1 is 1.78 bits per heavy atom. The van der Waals surface area contributed by atoms with Gasteiger partial charge in [0.2, 0.25) is 0 Å². The summed E-state index contributed by atoms with van der Waals surface area (Å²) in [6.07, 6.45) is 1.39. The summed E-state index contributed by atoms with van der Waals surface area (Å²) in [6, 6.07) is 0. The first-order chi connectivity index (χ1) is 4.29. The zero-order valence-electron chi connectivity index (χ0n) is 4.87. The van der Waals surface area contributed by atoms with Gasteiger partial charge >= 0.3 is 5.97 Å². The highest BCUT2D eigenvalue weighted by atomic mass is 33.1. The Morgan fingerprint density at radius 2 is 2.56 bits per heavy atom. The minimum Gasteiger partial charge on any atom is -0.481 e. The van der Waals surface area contributed by atoms with E-state index >= 15 is 0 Å². The number of hydrogen-bond donors (Lipinski definition) is 1. The van der Waals surface area contributed by atoms with Crippen LogP contribution in [0.3, 0.4) is 0 Å². The van der Waals surface area contributed by atoms with Crippen molar-refractivity contribution in [1.29, 1.82) is 0 Å². The van der Waals surface area contributed by atoms with Gasteiger partial charge in [0.25, 0.3) is 0 Å². The van der Waals surface area contributed by atoms with Crippen molar-refractivity contribution < 1.29 is 9.90 Å². The zero-order valence-corrected chi connectivity index (χ0v) is 6.50. The van der Waals surface area contributed by atoms with E-state index in [0.29, 0.717) is 11.7 Å². The molecule has 1 heterocycles. The predicted molar refractivity (Wildman–Crippen MR) is 40.7 cm³/mol. The Hall–Kier alpha value is 0.170. The number of carbonyl (C=O) groups is 1. The molecule has 0 amide bonds. The van der Waals surface area contributed by atoms with Gasteiger partial charge in [0, 0.05) is 11.0 Å². The van der Waals surface area contributed by atoms with Crippen LogP contribution in [0, 0.1) is 0 Å². The second-order valence-electron chi connectivity index (χ2n) is 1.93. The zero-order chi connectivity index (χ0) is 6.69. The van der Waals surface area contributed by atoms with E-state index in [0.717, 1.165) is 12.2 Å². The van der Waals surface area contributed by atoms with Crippen molar-refractivity contribution in [3.63, 3.8) is 0 Å². The summed E-state index contributed by atoms with van der Waals surface area (Å²) in [6.45, 7) is 0. The number of rotatable bonds is 2. The first kappa shape index (κ1) is 7.28. The Morgan fingerprint density at radius 3 is 3.00 bits per heavy atom. The molecule has 1 aliphatic heterocycles. The highest BCUT2D eigenvalue weighted by Gasteiger charge is 2.18. The lowest BCUT2D eigenvalue weighted by Crippen LogP contribution is -2.05. The maximum Gasteiger partial charge on any atom is 0.304 e. The van der Waals surface area contributed by atoms with Gasteiger partial charge in [-0.3, -0.25) is 4.79 Å². The Balaban J connectivity index is 2.19. The molecule has 0 radical (unpaired) electrons. The summed E-state index contributed by atoms with van der Waals surface area (Å²) in [4.78, 5) is 10.1. The van der Waals surface area contributed by atoms with Crippen LogP contribution >= 0.6 is 21.6 Å². The molecule has 0 aromatic rings. The van der Waals surface area contributed by atoms with E-state index in [-0.39, 0.29) is 0 Å². The summed E-state index contributed by atoms with van der Waals surface area (Å²) in [7, 11) is 3.48. The van der Waals surface area contributed by atoms with Gasteiger partial charge in [-0.1, -0.05) is 21.6 Å². The van der Waals surface area contributed by atoms with E-state index in [2.05, 4.69) is 0 Å². The van der Waals surface area contributed by atoms with Crippen molar-refractivity contribution in [2.45, 2.75) is 18.1 Å². The van der Waals surface area contributed by atoms with E-state index in [4.69, 9.17) is 5.11 Å². The van der Waals surface area contributed by atoms with Gasteiger partial charge in [-0.15, -0.1) is 0 Å². The monoisotopic (exact) mass is 164 g/mol. The van der Waals surface area contributed by atoms with Gasteiger partial charge in [-0.2, -0.15) is 0 Å². The molecule has 0 aromatic heterocycles. The van der Waals surface area contributed by atoms with Gasteiger partial charge in [-0.25, -0.2) is 0 Å². The third-order valence-electron chi connectivity index (χ3n) is 1.13. The first-order valence-electron chi connectivity index (χ1n) is 2.79. The molecule has 1 N–H and O–H groups in total. The highest BCUT2D eigenvalue weighted by Crippen LogP contribution is 2.38. The minimum absolute atomic E-state index is 0.331. The number of aliphatic carboxylic acids is 1. The third-order valence-corrected chi connectivity index (χ3v) is 4.07. The first-order valence-corrected chi connectivity index (χ1v) is 5.17. The van der Waals surface area contributed by atoms with Gasteiger partial charge in [-0.05, 0) is 6.42 Å². The fraction of sp³-hybridized carbons (Fsp3) is 0.800. The smallest absolute Gasteiger partial charge is 0.304 e. The summed E-state index contributed by atoms with van der Waals surface area (Å²) in [5.74, 6) is 0.442. The SMILES string of the molecule is O=C(O)CC1CCSS1.